The summed E-state index contributed by atoms with van der Waals surface area (Å²) in [5.74, 6) is -4.63. The molecule has 0 radical (unpaired) electrons. The standard InChI is InChI=1S/C40H50ClFN8O8/c1-22-7-5-8-25(15-22)17-29(46-40(57)44-26-10-11-27(41)28(42)18-26)34(51)45-30-21-58-39(56)32-16-23(2)19-50(32)36(53)24(3)43-35(52)33-20-47(4)13-14-49(33)38(55)31-9-6-12-48(31)37(30)54/h5,7-8,10-11,15,18,23-24,29-33H,6,9,12-14,16-17,19-21H2,1-4H3,(H,43,52)(H,45,51)(H2,44,46,57)/t23-,24+,29+,30+,31+,32+,33+/m1/s1. The van der Waals surface area contributed by atoms with Crippen molar-refractivity contribution in [3.8, 4) is 0 Å². The van der Waals surface area contributed by atoms with E-state index >= 15 is 0 Å². The molecule has 312 valence electrons. The summed E-state index contributed by atoms with van der Waals surface area (Å²) in [6.45, 7) is 5.90. The van der Waals surface area contributed by atoms with Crippen LogP contribution in [0.3, 0.4) is 0 Å². The zero-order valence-corrected chi connectivity index (χ0v) is 33.7. The molecule has 7 amide bonds. The number of nitrogens with one attached hydrogen (secondary N) is 4. The number of aryl methyl sites for hydroxylation is 1. The average molecular weight is 825 g/mol. The van der Waals surface area contributed by atoms with Crippen LogP contribution in [0.2, 0.25) is 5.02 Å². The van der Waals surface area contributed by atoms with Gasteiger partial charge in [-0.25, -0.2) is 14.0 Å². The Hall–Kier alpha value is -5.29. The second-order valence-corrected chi connectivity index (χ2v) is 16.1. The zero-order chi connectivity index (χ0) is 41.8. The molecule has 4 saturated heterocycles. The molecule has 4 fully saturated rings. The van der Waals surface area contributed by atoms with Gasteiger partial charge in [-0.3, -0.25) is 24.0 Å². The Labute approximate surface area is 341 Å². The van der Waals surface area contributed by atoms with Crippen LogP contribution in [-0.2, 0) is 39.9 Å². The van der Waals surface area contributed by atoms with Crippen molar-refractivity contribution in [2.45, 2.75) is 82.7 Å². The van der Waals surface area contributed by atoms with E-state index in [0.717, 1.165) is 11.6 Å². The Morgan fingerprint density at radius 1 is 0.931 bits per heavy atom. The molecule has 2 aromatic rings. The van der Waals surface area contributed by atoms with Gasteiger partial charge < -0.3 is 45.6 Å². The molecule has 6 rings (SSSR count). The van der Waals surface area contributed by atoms with Crippen molar-refractivity contribution in [1.29, 1.82) is 0 Å². The van der Waals surface area contributed by atoms with Gasteiger partial charge in [0.05, 0.1) is 5.02 Å². The monoisotopic (exact) mass is 824 g/mol. The molecule has 58 heavy (non-hydrogen) atoms. The minimum absolute atomic E-state index is 0.0243. The summed E-state index contributed by atoms with van der Waals surface area (Å²) in [5.41, 5.74) is 1.64. The maximum Gasteiger partial charge on any atom is 0.328 e. The summed E-state index contributed by atoms with van der Waals surface area (Å²) in [6.07, 6.45) is 0.994. The van der Waals surface area contributed by atoms with Crippen molar-refractivity contribution in [1.82, 2.24) is 35.6 Å². The van der Waals surface area contributed by atoms with E-state index in [0.29, 0.717) is 24.9 Å². The Kier molecular flexibility index (Phi) is 13.2. The Morgan fingerprint density at radius 3 is 2.43 bits per heavy atom. The van der Waals surface area contributed by atoms with Gasteiger partial charge in [0.25, 0.3) is 0 Å². The topological polar surface area (TPSA) is 190 Å². The van der Waals surface area contributed by atoms with Gasteiger partial charge in [-0.05, 0) is 69.8 Å². The highest BCUT2D eigenvalue weighted by Gasteiger charge is 2.46. The first-order valence-corrected chi connectivity index (χ1v) is 19.9. The number of rotatable bonds is 6. The third-order valence-corrected chi connectivity index (χ3v) is 11.4. The number of amides is 7. The second-order valence-electron chi connectivity index (χ2n) is 15.7. The SMILES string of the molecule is Cc1cccc(C[C@H](NC(=O)Nc2ccc(Cl)c(F)c2)C(=O)N[C@H]2COC(=O)[C@@H]3C[C@@H](C)CN3C(=O)[C@H](C)NC(=O)[C@@H]3CN(C)CCN3C(=O)[C@@H]3CCCN3C2=O)c1. The predicted octanol–water partition coefficient (Wildman–Crippen LogP) is 1.44. The highest BCUT2D eigenvalue weighted by molar-refractivity contribution is 6.30. The molecule has 18 heteroatoms. The van der Waals surface area contributed by atoms with Gasteiger partial charge in [0, 0.05) is 44.8 Å². The number of ether oxygens (including phenoxy) is 1. The number of fused-ring (bicyclic) bond motifs is 3. The van der Waals surface area contributed by atoms with Crippen molar-refractivity contribution >= 4 is 58.8 Å². The summed E-state index contributed by atoms with van der Waals surface area (Å²) in [7, 11) is 1.82. The lowest BCUT2D eigenvalue weighted by molar-refractivity contribution is -0.158. The Bertz CT molecular complexity index is 1950. The number of piperazine rings is 1. The first kappa shape index (κ1) is 42.3. The summed E-state index contributed by atoms with van der Waals surface area (Å²) in [4.78, 5) is 104. The highest BCUT2D eigenvalue weighted by Crippen LogP contribution is 2.27. The van der Waals surface area contributed by atoms with E-state index in [2.05, 4.69) is 21.3 Å². The molecule has 7 atom stereocenters. The smallest absolute Gasteiger partial charge is 0.328 e. The molecule has 0 spiro atoms. The number of carbonyl (C=O) groups is 7. The lowest BCUT2D eigenvalue weighted by Crippen LogP contribution is -2.65. The molecule has 0 aliphatic carbocycles. The van der Waals surface area contributed by atoms with Gasteiger partial charge in [-0.15, -0.1) is 0 Å². The van der Waals surface area contributed by atoms with E-state index in [1.54, 1.807) is 12.1 Å². The molecule has 4 heterocycles. The van der Waals surface area contributed by atoms with Gasteiger partial charge in [-0.1, -0.05) is 48.4 Å². The summed E-state index contributed by atoms with van der Waals surface area (Å²) in [5, 5.41) is 10.4. The number of nitrogens with zero attached hydrogens (tertiary/aromatic N) is 4. The van der Waals surface area contributed by atoms with Crippen molar-refractivity contribution in [2.24, 2.45) is 5.92 Å². The lowest BCUT2D eigenvalue weighted by atomic mass is 10.0. The number of hydrogen-bond donors (Lipinski definition) is 4. The van der Waals surface area contributed by atoms with Crippen LogP contribution < -0.4 is 21.3 Å². The van der Waals surface area contributed by atoms with Gasteiger partial charge in [0.15, 0.2) is 0 Å². The number of likely N-dealkylation sites (N-methyl/N-ethyl adjacent to an activating group) is 1. The number of esters is 1. The number of benzene rings is 2. The minimum Gasteiger partial charge on any atom is -0.461 e. The molecule has 2 aromatic carbocycles. The van der Waals surface area contributed by atoms with Crippen LogP contribution >= 0.6 is 11.6 Å². The quantitative estimate of drug-likeness (QED) is 0.313. The number of urea groups is 1. The number of hydrogen-bond acceptors (Lipinski definition) is 9. The van der Waals surface area contributed by atoms with Gasteiger partial charge in [-0.2, -0.15) is 0 Å². The van der Waals surface area contributed by atoms with Crippen LogP contribution in [-0.4, -0.2) is 144 Å². The summed E-state index contributed by atoms with van der Waals surface area (Å²) in [6, 6.07) is 3.30. The largest absolute Gasteiger partial charge is 0.461 e. The fourth-order valence-electron chi connectivity index (χ4n) is 8.11. The third kappa shape index (κ3) is 9.69. The van der Waals surface area contributed by atoms with E-state index in [1.165, 1.54) is 33.8 Å². The van der Waals surface area contributed by atoms with E-state index < -0.39 is 90.2 Å². The highest BCUT2D eigenvalue weighted by atomic mass is 35.5. The maximum atomic E-state index is 14.6. The van der Waals surface area contributed by atoms with Crippen molar-refractivity contribution in [2.75, 3.05) is 51.7 Å². The molecule has 0 aromatic heterocycles. The fourth-order valence-corrected chi connectivity index (χ4v) is 8.23. The van der Waals surface area contributed by atoms with Gasteiger partial charge >= 0.3 is 12.0 Å². The molecular weight excluding hydrogens is 775 g/mol. The van der Waals surface area contributed by atoms with Crippen molar-refractivity contribution in [3.05, 3.63) is 64.4 Å². The molecule has 0 saturated carbocycles. The van der Waals surface area contributed by atoms with Crippen molar-refractivity contribution in [3.63, 3.8) is 0 Å². The first-order chi connectivity index (χ1) is 27.6. The normalized spacial score (nSPS) is 26.6. The van der Waals surface area contributed by atoms with Crippen LogP contribution in [0, 0.1) is 18.7 Å². The number of anilines is 1. The summed E-state index contributed by atoms with van der Waals surface area (Å²) < 4.78 is 19.9. The number of halogens is 2. The van der Waals surface area contributed by atoms with Crippen LogP contribution in [0.15, 0.2) is 42.5 Å². The lowest BCUT2D eigenvalue weighted by Gasteiger charge is -2.42. The molecule has 4 aliphatic heterocycles. The number of cyclic esters (lactones) is 1. The van der Waals surface area contributed by atoms with E-state index in [4.69, 9.17) is 16.3 Å². The van der Waals surface area contributed by atoms with Crippen molar-refractivity contribution < 1.29 is 42.7 Å². The average Bonchev–Trinajstić information content (AvgIpc) is 3.83. The van der Waals surface area contributed by atoms with Crippen LogP contribution in [0.5, 0.6) is 0 Å². The number of carbonyl (C=O) groups excluding carboxylic acids is 7. The molecular formula is C40H50ClFN8O8. The van der Waals surface area contributed by atoms with Crippen LogP contribution in [0.4, 0.5) is 14.9 Å². The summed E-state index contributed by atoms with van der Waals surface area (Å²) >= 11 is 5.80. The molecule has 16 nitrogen and oxygen atoms in total. The van der Waals surface area contributed by atoms with E-state index in [-0.39, 0.29) is 55.6 Å². The Morgan fingerprint density at radius 2 is 1.69 bits per heavy atom. The zero-order valence-electron chi connectivity index (χ0n) is 33.0. The predicted molar refractivity (Wildman–Crippen MR) is 210 cm³/mol. The molecule has 0 unspecified atom stereocenters. The van der Waals surface area contributed by atoms with Crippen LogP contribution in [0.25, 0.3) is 0 Å². The van der Waals surface area contributed by atoms with Gasteiger partial charge in [0.1, 0.15) is 48.7 Å². The first-order valence-electron chi connectivity index (χ1n) is 19.5. The fraction of sp³-hybridized carbons (Fsp3) is 0.525. The van der Waals surface area contributed by atoms with Crippen LogP contribution in [0.1, 0.15) is 44.2 Å². The molecule has 4 aliphatic rings. The van der Waals surface area contributed by atoms with E-state index in [9.17, 15) is 38.0 Å². The molecule has 4 N–H and O–H groups in total. The molecule has 0 bridgehead atoms. The Balaban J connectivity index is 1.31. The van der Waals surface area contributed by atoms with E-state index in [1.807, 2.05) is 37.9 Å². The minimum atomic E-state index is -1.51. The second kappa shape index (κ2) is 18.1. The third-order valence-electron chi connectivity index (χ3n) is 11.1. The maximum absolute atomic E-state index is 14.6. The van der Waals surface area contributed by atoms with Gasteiger partial charge in [0.2, 0.25) is 29.5 Å².